The summed E-state index contributed by atoms with van der Waals surface area (Å²) in [6.45, 7) is 32.2. The molecule has 0 amide bonds. The van der Waals surface area contributed by atoms with Crippen molar-refractivity contribution in [3.63, 3.8) is 0 Å². The Morgan fingerprint density at radius 3 is 1.92 bits per heavy atom. The predicted molar refractivity (Wildman–Crippen MR) is 167 cm³/mol. The molecule has 1 rings (SSSR count). The van der Waals surface area contributed by atoms with E-state index in [2.05, 4.69) is 148 Å². The van der Waals surface area contributed by atoms with E-state index in [-0.39, 0.29) is 21.7 Å². The molecule has 36 heavy (non-hydrogen) atoms. The number of hydrogen-bond donors (Lipinski definition) is 0. The molecule has 0 fully saturated rings. The third-order valence-corrected chi connectivity index (χ3v) is 6.03. The standard InChI is InChI=1S/C18H30.C16H22.C2H6/c1-8-11-13-16(12-9-2)18(6,7)15-17(4,5)14-10-3;1-6-12-15(2,3)13-16(4,5)14-10-8-7-9-11-14;1-2/h9-14H,2,8,15H2,1,3-7H3;7-11H,13H2,1-5H3;1-2H3/b13-11-,14-10+,16-12+;;. The zero-order valence-electron chi connectivity index (χ0n) is 26.2. The fraction of sp³-hybridized carbons (Fsp3) is 0.556. The maximum atomic E-state index is 3.83. The van der Waals surface area contributed by atoms with Crippen LogP contribution in [0.3, 0.4) is 0 Å². The topological polar surface area (TPSA) is 0 Å². The minimum absolute atomic E-state index is 0.0775. The van der Waals surface area contributed by atoms with Gasteiger partial charge in [0, 0.05) is 5.41 Å². The molecule has 0 saturated heterocycles. The molecule has 0 aliphatic heterocycles. The molecule has 0 bridgehead atoms. The van der Waals surface area contributed by atoms with Crippen LogP contribution in [0.1, 0.15) is 115 Å². The third-order valence-electron chi connectivity index (χ3n) is 6.03. The molecule has 1 aromatic carbocycles. The highest BCUT2D eigenvalue weighted by atomic mass is 14.3. The van der Waals surface area contributed by atoms with Gasteiger partial charge in [0.25, 0.3) is 0 Å². The van der Waals surface area contributed by atoms with Crippen molar-refractivity contribution in [1.82, 2.24) is 0 Å². The van der Waals surface area contributed by atoms with Gasteiger partial charge >= 0.3 is 0 Å². The van der Waals surface area contributed by atoms with Gasteiger partial charge in [-0.15, -0.1) is 5.92 Å². The number of benzene rings is 1. The lowest BCUT2D eigenvalue weighted by atomic mass is 9.70. The number of hydrogen-bond acceptors (Lipinski definition) is 0. The second-order valence-corrected chi connectivity index (χ2v) is 11.9. The van der Waals surface area contributed by atoms with Gasteiger partial charge < -0.3 is 0 Å². The Labute approximate surface area is 227 Å². The van der Waals surface area contributed by atoms with Crippen molar-refractivity contribution in [3.05, 3.63) is 84.5 Å². The first-order valence-electron chi connectivity index (χ1n) is 13.8. The van der Waals surface area contributed by atoms with Crippen LogP contribution in [0.2, 0.25) is 0 Å². The van der Waals surface area contributed by atoms with Gasteiger partial charge in [-0.3, -0.25) is 0 Å². The summed E-state index contributed by atoms with van der Waals surface area (Å²) >= 11 is 0. The normalized spacial score (nSPS) is 12.8. The van der Waals surface area contributed by atoms with Gasteiger partial charge in [0.05, 0.1) is 0 Å². The highest BCUT2D eigenvalue weighted by molar-refractivity contribution is 5.29. The van der Waals surface area contributed by atoms with E-state index < -0.39 is 0 Å². The van der Waals surface area contributed by atoms with Crippen LogP contribution in [-0.4, -0.2) is 0 Å². The first-order chi connectivity index (χ1) is 16.7. The van der Waals surface area contributed by atoms with Gasteiger partial charge in [-0.1, -0.05) is 142 Å². The molecule has 0 saturated carbocycles. The van der Waals surface area contributed by atoms with Crippen molar-refractivity contribution < 1.29 is 0 Å². The Hall–Kier alpha value is -2.26. The van der Waals surface area contributed by atoms with E-state index in [1.165, 1.54) is 11.1 Å². The van der Waals surface area contributed by atoms with Gasteiger partial charge in [0.15, 0.2) is 0 Å². The average Bonchev–Trinajstić information content (AvgIpc) is 2.77. The van der Waals surface area contributed by atoms with E-state index in [0.717, 1.165) is 19.3 Å². The highest BCUT2D eigenvalue weighted by Gasteiger charge is 2.29. The lowest BCUT2D eigenvalue weighted by Gasteiger charge is -2.34. The lowest BCUT2D eigenvalue weighted by molar-refractivity contribution is 0.285. The third kappa shape index (κ3) is 15.0. The van der Waals surface area contributed by atoms with E-state index in [0.29, 0.717) is 0 Å². The van der Waals surface area contributed by atoms with Crippen molar-refractivity contribution in [3.8, 4) is 11.8 Å². The van der Waals surface area contributed by atoms with Crippen LogP contribution < -0.4 is 0 Å². The summed E-state index contributed by atoms with van der Waals surface area (Å²) in [5.41, 5.74) is 3.38. The van der Waals surface area contributed by atoms with Crippen molar-refractivity contribution in [2.24, 2.45) is 16.2 Å². The molecule has 0 nitrogen and oxygen atoms in total. The largest absolute Gasteiger partial charge is 0.106 e. The SMILES string of the molecule is C=C/C=C(\C=C/CC)C(C)(C)CC(C)(C)/C=C/C.CC.CC#CC(C)(C)CC(C)(C)c1ccccc1. The summed E-state index contributed by atoms with van der Waals surface area (Å²) in [6, 6.07) is 10.7. The number of rotatable bonds is 10. The van der Waals surface area contributed by atoms with Crippen LogP contribution in [0.5, 0.6) is 0 Å². The van der Waals surface area contributed by atoms with Crippen LogP contribution in [0.25, 0.3) is 0 Å². The maximum Gasteiger partial charge on any atom is 0.0266 e. The van der Waals surface area contributed by atoms with Gasteiger partial charge in [-0.05, 0) is 74.3 Å². The Morgan fingerprint density at radius 2 is 1.47 bits per heavy atom. The van der Waals surface area contributed by atoms with E-state index in [9.17, 15) is 0 Å². The molecule has 0 aromatic heterocycles. The fourth-order valence-electron chi connectivity index (χ4n) is 5.11. The molecule has 1 aromatic rings. The second-order valence-electron chi connectivity index (χ2n) is 11.9. The Kier molecular flexibility index (Phi) is 17.2. The van der Waals surface area contributed by atoms with Crippen molar-refractivity contribution in [2.45, 2.75) is 115 Å². The summed E-state index contributed by atoms with van der Waals surface area (Å²) < 4.78 is 0. The second kappa shape index (κ2) is 17.2. The van der Waals surface area contributed by atoms with Crippen molar-refractivity contribution >= 4 is 0 Å². The van der Waals surface area contributed by atoms with Crippen LogP contribution in [0, 0.1) is 28.1 Å². The van der Waals surface area contributed by atoms with Gasteiger partial charge in [-0.2, -0.15) is 0 Å². The summed E-state index contributed by atoms with van der Waals surface area (Å²) in [4.78, 5) is 0. The van der Waals surface area contributed by atoms with E-state index >= 15 is 0 Å². The van der Waals surface area contributed by atoms with Crippen LogP contribution in [0.15, 0.2) is 78.9 Å². The Balaban J connectivity index is 0. The zero-order valence-corrected chi connectivity index (χ0v) is 26.2. The molecule has 0 aliphatic carbocycles. The van der Waals surface area contributed by atoms with Crippen LogP contribution in [0.4, 0.5) is 0 Å². The molecule has 0 aliphatic rings. The molecule has 0 N–H and O–H groups in total. The maximum absolute atomic E-state index is 3.83. The van der Waals surface area contributed by atoms with Crippen LogP contribution in [-0.2, 0) is 5.41 Å². The monoisotopic (exact) mass is 490 g/mol. The van der Waals surface area contributed by atoms with Crippen LogP contribution >= 0.6 is 0 Å². The van der Waals surface area contributed by atoms with Gasteiger partial charge in [0.1, 0.15) is 0 Å². The molecule has 0 heteroatoms. The van der Waals surface area contributed by atoms with Gasteiger partial charge in [0.2, 0.25) is 0 Å². The smallest absolute Gasteiger partial charge is 0.0266 e. The lowest BCUT2D eigenvalue weighted by Crippen LogP contribution is -2.25. The summed E-state index contributed by atoms with van der Waals surface area (Å²) in [7, 11) is 0. The highest BCUT2D eigenvalue weighted by Crippen LogP contribution is 2.40. The van der Waals surface area contributed by atoms with E-state index in [4.69, 9.17) is 0 Å². The first kappa shape index (κ1) is 35.9. The Bertz CT molecular complexity index is 871. The summed E-state index contributed by atoms with van der Waals surface area (Å²) in [5, 5.41) is 0. The van der Waals surface area contributed by atoms with E-state index in [1.54, 1.807) is 0 Å². The molecule has 202 valence electrons. The molecule has 0 unspecified atom stereocenters. The molecule has 0 atom stereocenters. The first-order valence-corrected chi connectivity index (χ1v) is 13.8. The molecular weight excluding hydrogens is 432 g/mol. The Morgan fingerprint density at radius 1 is 0.917 bits per heavy atom. The minimum Gasteiger partial charge on any atom is -0.106 e. The molecule has 0 spiro atoms. The molecule has 0 radical (unpaired) electrons. The minimum atomic E-state index is 0.0775. The van der Waals surface area contributed by atoms with Gasteiger partial charge in [-0.25, -0.2) is 0 Å². The summed E-state index contributed by atoms with van der Waals surface area (Å²) in [5.74, 6) is 6.33. The molecular formula is C36H58. The zero-order chi connectivity index (χ0) is 28.5. The number of allylic oxidation sites excluding steroid dienone is 7. The van der Waals surface area contributed by atoms with Crippen molar-refractivity contribution in [2.75, 3.05) is 0 Å². The fourth-order valence-corrected chi connectivity index (χ4v) is 5.11. The quantitative estimate of drug-likeness (QED) is 0.174. The summed E-state index contributed by atoms with van der Waals surface area (Å²) in [6.07, 6.45) is 16.2. The molecule has 0 heterocycles. The van der Waals surface area contributed by atoms with Crippen molar-refractivity contribution in [1.29, 1.82) is 0 Å². The predicted octanol–water partition coefficient (Wildman–Crippen LogP) is 11.5. The average molecular weight is 491 g/mol. The van der Waals surface area contributed by atoms with E-state index in [1.807, 2.05) is 26.8 Å².